The van der Waals surface area contributed by atoms with Gasteiger partial charge >= 0.3 is 0 Å². The number of halogens is 1. The van der Waals surface area contributed by atoms with Crippen LogP contribution >= 0.6 is 11.3 Å². The average molecular weight is 295 g/mol. The molecule has 0 amide bonds. The van der Waals surface area contributed by atoms with E-state index >= 15 is 0 Å². The molecule has 21 heavy (non-hydrogen) atoms. The standard InChI is InChI=1S/C17H10FNOS/c18-12-6-7-13-11(8-12)9-14-15(13)19-17(21-14)16(20)10-4-2-1-3-5-10/h1-8H,9H2. The number of ketones is 1. The van der Waals surface area contributed by atoms with Crippen LogP contribution in [-0.2, 0) is 6.42 Å². The summed E-state index contributed by atoms with van der Waals surface area (Å²) in [4.78, 5) is 17.9. The second-order valence-electron chi connectivity index (χ2n) is 4.96. The van der Waals surface area contributed by atoms with Gasteiger partial charge in [-0.3, -0.25) is 4.79 Å². The number of aromatic nitrogens is 1. The van der Waals surface area contributed by atoms with Gasteiger partial charge in [-0.05, 0) is 23.8 Å². The summed E-state index contributed by atoms with van der Waals surface area (Å²) < 4.78 is 13.2. The molecule has 0 spiro atoms. The molecule has 4 heteroatoms. The lowest BCUT2D eigenvalue weighted by molar-refractivity contribution is 0.103. The van der Waals surface area contributed by atoms with Gasteiger partial charge in [0.1, 0.15) is 5.82 Å². The lowest BCUT2D eigenvalue weighted by atomic mass is 10.1. The summed E-state index contributed by atoms with van der Waals surface area (Å²) >= 11 is 1.40. The molecule has 0 saturated heterocycles. The number of benzene rings is 2. The molecule has 1 aliphatic rings. The lowest BCUT2D eigenvalue weighted by Crippen LogP contribution is -2.00. The molecule has 0 radical (unpaired) electrons. The van der Waals surface area contributed by atoms with Crippen molar-refractivity contribution >= 4 is 17.1 Å². The molecule has 0 unspecified atom stereocenters. The van der Waals surface area contributed by atoms with E-state index in [1.165, 1.54) is 17.4 Å². The average Bonchev–Trinajstić information content (AvgIpc) is 3.04. The summed E-state index contributed by atoms with van der Waals surface area (Å²) in [6.45, 7) is 0. The summed E-state index contributed by atoms with van der Waals surface area (Å²) in [6.07, 6.45) is 0.655. The number of nitrogens with zero attached hydrogens (tertiary/aromatic N) is 1. The maximum absolute atomic E-state index is 13.2. The van der Waals surface area contributed by atoms with Crippen LogP contribution in [0.4, 0.5) is 4.39 Å². The minimum atomic E-state index is -0.232. The Morgan fingerprint density at radius 3 is 2.76 bits per heavy atom. The molecule has 102 valence electrons. The largest absolute Gasteiger partial charge is 0.286 e. The minimum absolute atomic E-state index is 0.0568. The first-order valence-electron chi connectivity index (χ1n) is 6.60. The number of carbonyl (C=O) groups is 1. The Balaban J connectivity index is 1.75. The van der Waals surface area contributed by atoms with E-state index in [2.05, 4.69) is 4.98 Å². The number of hydrogen-bond acceptors (Lipinski definition) is 3. The fourth-order valence-electron chi connectivity index (χ4n) is 2.60. The van der Waals surface area contributed by atoms with Crippen molar-refractivity contribution in [2.75, 3.05) is 0 Å². The number of rotatable bonds is 2. The molecule has 2 nitrogen and oxygen atoms in total. The highest BCUT2D eigenvalue weighted by Gasteiger charge is 2.26. The summed E-state index contributed by atoms with van der Waals surface area (Å²) in [5, 5.41) is 0.501. The summed E-state index contributed by atoms with van der Waals surface area (Å²) in [6, 6.07) is 13.9. The first-order chi connectivity index (χ1) is 10.2. The van der Waals surface area contributed by atoms with Gasteiger partial charge in [-0.15, -0.1) is 11.3 Å². The Bertz CT molecular complexity index is 854. The fourth-order valence-corrected chi connectivity index (χ4v) is 3.67. The van der Waals surface area contributed by atoms with Crippen molar-refractivity contribution in [1.29, 1.82) is 0 Å². The van der Waals surface area contributed by atoms with Crippen molar-refractivity contribution in [3.8, 4) is 11.3 Å². The van der Waals surface area contributed by atoms with Crippen LogP contribution in [0.5, 0.6) is 0 Å². The molecule has 0 atom stereocenters. The second-order valence-corrected chi connectivity index (χ2v) is 6.05. The molecule has 1 heterocycles. The van der Waals surface area contributed by atoms with Crippen LogP contribution in [-0.4, -0.2) is 10.8 Å². The van der Waals surface area contributed by atoms with Crippen LogP contribution in [0.15, 0.2) is 48.5 Å². The summed E-state index contributed by atoms with van der Waals surface area (Å²) in [5.74, 6) is -0.289. The number of thiazole rings is 1. The van der Waals surface area contributed by atoms with Crippen LogP contribution < -0.4 is 0 Å². The SMILES string of the molecule is O=C(c1ccccc1)c1nc2c(s1)Cc1cc(F)ccc1-2. The Morgan fingerprint density at radius 2 is 1.95 bits per heavy atom. The van der Waals surface area contributed by atoms with Crippen molar-refractivity contribution in [2.45, 2.75) is 6.42 Å². The van der Waals surface area contributed by atoms with Crippen molar-refractivity contribution in [1.82, 2.24) is 4.98 Å². The number of fused-ring (bicyclic) bond motifs is 3. The third kappa shape index (κ3) is 1.99. The quantitative estimate of drug-likeness (QED) is 0.521. The van der Waals surface area contributed by atoms with Gasteiger partial charge in [0.25, 0.3) is 0 Å². The highest BCUT2D eigenvalue weighted by molar-refractivity contribution is 7.14. The topological polar surface area (TPSA) is 30.0 Å². The van der Waals surface area contributed by atoms with E-state index < -0.39 is 0 Å². The summed E-state index contributed by atoms with van der Waals surface area (Å²) in [5.41, 5.74) is 3.36. The normalized spacial score (nSPS) is 12.0. The molecule has 1 aliphatic carbocycles. The van der Waals surface area contributed by atoms with Gasteiger partial charge in [-0.25, -0.2) is 9.37 Å². The Kier molecular flexibility index (Phi) is 2.72. The van der Waals surface area contributed by atoms with Gasteiger partial charge in [-0.2, -0.15) is 0 Å². The van der Waals surface area contributed by atoms with E-state index in [1.807, 2.05) is 18.2 Å². The monoisotopic (exact) mass is 295 g/mol. The molecule has 1 aromatic heterocycles. The van der Waals surface area contributed by atoms with Crippen molar-refractivity contribution < 1.29 is 9.18 Å². The van der Waals surface area contributed by atoms with Gasteiger partial charge in [-0.1, -0.05) is 30.3 Å². The first-order valence-corrected chi connectivity index (χ1v) is 7.42. The number of carbonyl (C=O) groups excluding carboxylic acids is 1. The molecule has 0 N–H and O–H groups in total. The highest BCUT2D eigenvalue weighted by Crippen LogP contribution is 2.40. The van der Waals surface area contributed by atoms with Gasteiger partial charge in [0, 0.05) is 22.4 Å². The van der Waals surface area contributed by atoms with E-state index in [0.29, 0.717) is 17.0 Å². The van der Waals surface area contributed by atoms with E-state index in [-0.39, 0.29) is 11.6 Å². The zero-order valence-corrected chi connectivity index (χ0v) is 11.8. The van der Waals surface area contributed by atoms with Gasteiger partial charge in [0.2, 0.25) is 5.78 Å². The molecule has 4 rings (SSSR count). The minimum Gasteiger partial charge on any atom is -0.286 e. The van der Waals surface area contributed by atoms with Crippen LogP contribution in [0.1, 0.15) is 25.8 Å². The zero-order chi connectivity index (χ0) is 14.4. The van der Waals surface area contributed by atoms with Crippen LogP contribution in [0.3, 0.4) is 0 Å². The van der Waals surface area contributed by atoms with Gasteiger partial charge < -0.3 is 0 Å². The zero-order valence-electron chi connectivity index (χ0n) is 11.0. The third-order valence-corrected chi connectivity index (χ3v) is 4.66. The van der Waals surface area contributed by atoms with E-state index in [4.69, 9.17) is 0 Å². The Labute approximate surface area is 124 Å². The molecular weight excluding hydrogens is 285 g/mol. The molecule has 2 aromatic carbocycles. The van der Waals surface area contributed by atoms with Gasteiger partial charge in [0.05, 0.1) is 5.69 Å². The fraction of sp³-hybridized carbons (Fsp3) is 0.0588. The predicted molar refractivity (Wildman–Crippen MR) is 80.2 cm³/mol. The lowest BCUT2D eigenvalue weighted by Gasteiger charge is -1.99. The van der Waals surface area contributed by atoms with E-state index in [1.54, 1.807) is 24.3 Å². The predicted octanol–water partition coefficient (Wildman–Crippen LogP) is 4.08. The number of hydrogen-bond donors (Lipinski definition) is 0. The Hall–Kier alpha value is -2.33. The van der Waals surface area contributed by atoms with Crippen LogP contribution in [0, 0.1) is 5.82 Å². The second kappa shape index (κ2) is 4.60. The van der Waals surface area contributed by atoms with Crippen LogP contribution in [0.2, 0.25) is 0 Å². The van der Waals surface area contributed by atoms with Crippen molar-refractivity contribution in [3.63, 3.8) is 0 Å². The maximum atomic E-state index is 13.2. The molecule has 0 bridgehead atoms. The van der Waals surface area contributed by atoms with Gasteiger partial charge in [0.15, 0.2) is 5.01 Å². The highest BCUT2D eigenvalue weighted by atomic mass is 32.1. The molecular formula is C17H10FNOS. The smallest absolute Gasteiger partial charge is 0.221 e. The maximum Gasteiger partial charge on any atom is 0.221 e. The molecule has 0 aliphatic heterocycles. The third-order valence-electron chi connectivity index (χ3n) is 3.60. The Morgan fingerprint density at radius 1 is 1.14 bits per heavy atom. The van der Waals surface area contributed by atoms with Crippen LogP contribution in [0.25, 0.3) is 11.3 Å². The molecule has 3 aromatic rings. The summed E-state index contributed by atoms with van der Waals surface area (Å²) in [7, 11) is 0. The van der Waals surface area contributed by atoms with E-state index in [0.717, 1.165) is 21.7 Å². The molecule has 0 fully saturated rings. The van der Waals surface area contributed by atoms with E-state index in [9.17, 15) is 9.18 Å². The van der Waals surface area contributed by atoms with Crippen molar-refractivity contribution in [2.24, 2.45) is 0 Å². The first kappa shape index (κ1) is 12.4. The molecule has 0 saturated carbocycles. The van der Waals surface area contributed by atoms with Crippen molar-refractivity contribution in [3.05, 3.63) is 75.4 Å².